The Kier molecular flexibility index (Phi) is 5.96. The molecule has 0 aliphatic rings. The second kappa shape index (κ2) is 7.73. The lowest BCUT2D eigenvalue weighted by molar-refractivity contribution is 0.284. The minimum atomic E-state index is 0.557. The molecule has 21 heavy (non-hydrogen) atoms. The van der Waals surface area contributed by atoms with Crippen molar-refractivity contribution in [3.8, 4) is 0 Å². The molecule has 4 nitrogen and oxygen atoms in total. The molecule has 0 saturated carbocycles. The van der Waals surface area contributed by atoms with Crippen LogP contribution in [0.1, 0.15) is 24.4 Å². The van der Waals surface area contributed by atoms with Crippen LogP contribution in [0.5, 0.6) is 0 Å². The molecule has 0 aliphatic carbocycles. The van der Waals surface area contributed by atoms with Gasteiger partial charge in [0.2, 0.25) is 5.13 Å². The topological polar surface area (TPSA) is 41.0 Å². The zero-order valence-electron chi connectivity index (χ0n) is 12.6. The Labute approximate surface area is 135 Å². The monoisotopic (exact) mass is 324 g/mol. The third-order valence-corrected chi connectivity index (χ3v) is 4.49. The molecule has 0 spiro atoms. The number of hydrogen-bond donors (Lipinski definition) is 1. The van der Waals surface area contributed by atoms with Gasteiger partial charge in [-0.2, -0.15) is 0 Å². The van der Waals surface area contributed by atoms with Crippen molar-refractivity contribution in [1.82, 2.24) is 15.1 Å². The second-order valence-electron chi connectivity index (χ2n) is 5.31. The summed E-state index contributed by atoms with van der Waals surface area (Å²) in [5, 5.41) is 14.4. The van der Waals surface area contributed by atoms with Crippen LogP contribution in [0.4, 0.5) is 5.13 Å². The molecule has 0 radical (unpaired) electrons. The number of nitrogens with zero attached hydrogens (tertiary/aromatic N) is 3. The maximum Gasteiger partial charge on any atom is 0.205 e. The smallest absolute Gasteiger partial charge is 0.205 e. The van der Waals surface area contributed by atoms with E-state index in [1.54, 1.807) is 11.3 Å². The van der Waals surface area contributed by atoms with Gasteiger partial charge in [-0.15, -0.1) is 10.2 Å². The molecule has 0 unspecified atom stereocenters. The highest BCUT2D eigenvalue weighted by Gasteiger charge is 2.06. The fourth-order valence-electron chi connectivity index (χ4n) is 1.77. The summed E-state index contributed by atoms with van der Waals surface area (Å²) in [6.45, 7) is 6.25. The summed E-state index contributed by atoms with van der Waals surface area (Å²) in [7, 11) is 2.12. The van der Waals surface area contributed by atoms with Gasteiger partial charge in [0.1, 0.15) is 5.01 Å². The van der Waals surface area contributed by atoms with Crippen LogP contribution in [0.25, 0.3) is 0 Å². The minimum Gasteiger partial charge on any atom is -0.359 e. The van der Waals surface area contributed by atoms with E-state index < -0.39 is 0 Å². The molecule has 6 heteroatoms. The molecule has 0 saturated heterocycles. The van der Waals surface area contributed by atoms with Crippen molar-refractivity contribution in [1.29, 1.82) is 0 Å². The van der Waals surface area contributed by atoms with E-state index in [4.69, 9.17) is 11.6 Å². The van der Waals surface area contributed by atoms with Gasteiger partial charge in [-0.1, -0.05) is 35.1 Å². The van der Waals surface area contributed by atoms with Crippen LogP contribution in [0, 0.1) is 0 Å². The van der Waals surface area contributed by atoms with E-state index >= 15 is 0 Å². The average molecular weight is 325 g/mol. The van der Waals surface area contributed by atoms with Crippen LogP contribution >= 0.6 is 22.9 Å². The number of anilines is 1. The van der Waals surface area contributed by atoms with Gasteiger partial charge in [-0.25, -0.2) is 0 Å². The van der Waals surface area contributed by atoms with Crippen molar-refractivity contribution in [3.63, 3.8) is 0 Å². The van der Waals surface area contributed by atoms with Crippen LogP contribution in [0.15, 0.2) is 24.3 Å². The summed E-state index contributed by atoms with van der Waals surface area (Å²) in [5.74, 6) is 0. The van der Waals surface area contributed by atoms with Gasteiger partial charge in [-0.05, 0) is 38.6 Å². The molecule has 1 heterocycles. The van der Waals surface area contributed by atoms with Crippen LogP contribution in [0.3, 0.4) is 0 Å². The molecule has 0 bridgehead atoms. The molecule has 0 fully saturated rings. The van der Waals surface area contributed by atoms with Crippen molar-refractivity contribution in [2.45, 2.75) is 26.3 Å². The van der Waals surface area contributed by atoms with E-state index in [1.807, 2.05) is 24.3 Å². The van der Waals surface area contributed by atoms with E-state index in [0.29, 0.717) is 6.04 Å². The number of nitrogens with one attached hydrogen (secondary N) is 1. The minimum absolute atomic E-state index is 0.557. The van der Waals surface area contributed by atoms with Gasteiger partial charge < -0.3 is 10.2 Å². The van der Waals surface area contributed by atoms with E-state index in [1.165, 1.54) is 5.56 Å². The molecule has 2 rings (SSSR count). The highest BCUT2D eigenvalue weighted by Crippen LogP contribution is 2.19. The number of aromatic nitrogens is 2. The molecule has 0 amide bonds. The molecule has 2 aromatic rings. The quantitative estimate of drug-likeness (QED) is 0.846. The normalized spacial score (nSPS) is 11.3. The number of hydrogen-bond acceptors (Lipinski definition) is 5. The van der Waals surface area contributed by atoms with E-state index in [0.717, 1.165) is 34.7 Å². The lowest BCUT2D eigenvalue weighted by Crippen LogP contribution is -2.31. The largest absolute Gasteiger partial charge is 0.359 e. The summed E-state index contributed by atoms with van der Waals surface area (Å²) in [6, 6.07) is 8.40. The first-order valence-electron chi connectivity index (χ1n) is 7.05. The summed E-state index contributed by atoms with van der Waals surface area (Å²) in [6.07, 6.45) is 0.794. The van der Waals surface area contributed by atoms with E-state index in [9.17, 15) is 0 Å². The number of benzene rings is 1. The second-order valence-corrected chi connectivity index (χ2v) is 6.80. The fraction of sp³-hybridized carbons (Fsp3) is 0.467. The molecular formula is C15H21ClN4S. The highest BCUT2D eigenvalue weighted by molar-refractivity contribution is 7.15. The van der Waals surface area contributed by atoms with Crippen molar-refractivity contribution in [2.24, 2.45) is 0 Å². The van der Waals surface area contributed by atoms with Gasteiger partial charge in [-0.3, -0.25) is 0 Å². The summed E-state index contributed by atoms with van der Waals surface area (Å²) >= 11 is 7.49. The predicted octanol–water partition coefficient (Wildman–Crippen LogP) is 3.53. The van der Waals surface area contributed by atoms with E-state index in [2.05, 4.69) is 41.3 Å². The number of likely N-dealkylation sites (N-methyl/N-ethyl adjacent to an activating group) is 1. The molecule has 1 N–H and O–H groups in total. The van der Waals surface area contributed by atoms with Gasteiger partial charge in [0.25, 0.3) is 0 Å². The maximum absolute atomic E-state index is 5.88. The van der Waals surface area contributed by atoms with Gasteiger partial charge in [0.15, 0.2) is 0 Å². The molecule has 114 valence electrons. The lowest BCUT2D eigenvalue weighted by atomic mass is 10.2. The van der Waals surface area contributed by atoms with Gasteiger partial charge in [0.05, 0.1) is 0 Å². The number of halogens is 1. The first-order chi connectivity index (χ1) is 10.0. The summed E-state index contributed by atoms with van der Waals surface area (Å²) in [4.78, 5) is 2.29. The van der Waals surface area contributed by atoms with E-state index in [-0.39, 0.29) is 0 Å². The van der Waals surface area contributed by atoms with Gasteiger partial charge >= 0.3 is 0 Å². The molecule has 1 aromatic carbocycles. The zero-order chi connectivity index (χ0) is 15.2. The Hall–Kier alpha value is -1.17. The molecule has 0 atom stereocenters. The average Bonchev–Trinajstić information content (AvgIpc) is 2.89. The van der Waals surface area contributed by atoms with Crippen LogP contribution in [-0.4, -0.2) is 41.3 Å². The Morgan fingerprint density at radius 2 is 1.95 bits per heavy atom. The molecular weight excluding hydrogens is 304 g/mol. The third kappa shape index (κ3) is 5.26. The first kappa shape index (κ1) is 16.2. The maximum atomic E-state index is 5.88. The standard InChI is InChI=1S/C15H21ClN4S/c1-11(2)20(3)9-8-17-15-19-18-14(21-15)10-12-4-6-13(16)7-5-12/h4-7,11H,8-10H2,1-3H3,(H,17,19). The summed E-state index contributed by atoms with van der Waals surface area (Å²) < 4.78 is 0. The van der Waals surface area contributed by atoms with Crippen LogP contribution in [0.2, 0.25) is 5.02 Å². The molecule has 0 aliphatic heterocycles. The van der Waals surface area contributed by atoms with Crippen molar-refractivity contribution >= 4 is 28.1 Å². The zero-order valence-corrected chi connectivity index (χ0v) is 14.2. The summed E-state index contributed by atoms with van der Waals surface area (Å²) in [5.41, 5.74) is 1.20. The van der Waals surface area contributed by atoms with Crippen molar-refractivity contribution in [2.75, 3.05) is 25.5 Å². The van der Waals surface area contributed by atoms with Gasteiger partial charge in [0, 0.05) is 30.6 Å². The Morgan fingerprint density at radius 1 is 1.24 bits per heavy atom. The Morgan fingerprint density at radius 3 is 2.62 bits per heavy atom. The van der Waals surface area contributed by atoms with Crippen LogP contribution < -0.4 is 5.32 Å². The first-order valence-corrected chi connectivity index (χ1v) is 8.25. The SMILES string of the molecule is CC(C)N(C)CCNc1nnc(Cc2ccc(Cl)cc2)s1. The number of rotatable bonds is 7. The third-order valence-electron chi connectivity index (χ3n) is 3.36. The van der Waals surface area contributed by atoms with Crippen molar-refractivity contribution in [3.05, 3.63) is 39.9 Å². The highest BCUT2D eigenvalue weighted by atomic mass is 35.5. The van der Waals surface area contributed by atoms with Crippen molar-refractivity contribution < 1.29 is 0 Å². The Bertz CT molecular complexity index is 553. The Balaban J connectivity index is 1.82. The fourth-order valence-corrected chi connectivity index (χ4v) is 2.70. The van der Waals surface area contributed by atoms with Crippen LogP contribution in [-0.2, 0) is 6.42 Å². The predicted molar refractivity (Wildman–Crippen MR) is 90.4 cm³/mol. The molecule has 1 aromatic heterocycles. The lowest BCUT2D eigenvalue weighted by Gasteiger charge is -2.20.